The Morgan fingerprint density at radius 1 is 1.30 bits per heavy atom. The van der Waals surface area contributed by atoms with Crippen LogP contribution in [0.15, 0.2) is 28.7 Å². The lowest BCUT2D eigenvalue weighted by Crippen LogP contribution is -2.50. The first-order valence-corrected chi connectivity index (χ1v) is 9.23. The van der Waals surface area contributed by atoms with Crippen molar-refractivity contribution in [2.45, 2.75) is 45.8 Å². The molecule has 1 aliphatic heterocycles. The Morgan fingerprint density at radius 2 is 1.91 bits per heavy atom. The van der Waals surface area contributed by atoms with Gasteiger partial charge in [-0.3, -0.25) is 4.79 Å². The molecule has 0 spiro atoms. The summed E-state index contributed by atoms with van der Waals surface area (Å²) >= 11 is 3.41. The summed E-state index contributed by atoms with van der Waals surface area (Å²) < 4.78 is 6.93. The van der Waals surface area contributed by atoms with Crippen LogP contribution in [-0.2, 0) is 4.79 Å². The van der Waals surface area contributed by atoms with Gasteiger partial charge in [-0.25, -0.2) is 0 Å². The Morgan fingerprint density at radius 3 is 2.43 bits per heavy atom. The average Bonchev–Trinajstić information content (AvgIpc) is 2.54. The van der Waals surface area contributed by atoms with E-state index in [9.17, 15) is 4.79 Å². The summed E-state index contributed by atoms with van der Waals surface area (Å²) in [6.45, 7) is 9.41. The van der Waals surface area contributed by atoms with E-state index >= 15 is 0 Å². The van der Waals surface area contributed by atoms with Crippen LogP contribution < -0.4 is 10.1 Å². The van der Waals surface area contributed by atoms with Gasteiger partial charge >= 0.3 is 0 Å². The molecule has 1 saturated heterocycles. The number of rotatable bonds is 6. The van der Waals surface area contributed by atoms with Crippen molar-refractivity contribution in [3.05, 3.63) is 28.7 Å². The van der Waals surface area contributed by atoms with Crippen molar-refractivity contribution in [2.75, 3.05) is 19.6 Å². The Labute approximate surface area is 147 Å². The molecule has 1 amide bonds. The van der Waals surface area contributed by atoms with E-state index in [0.717, 1.165) is 42.7 Å². The molecule has 2 rings (SSSR count). The minimum Gasteiger partial charge on any atom is -0.480 e. The van der Waals surface area contributed by atoms with E-state index in [2.05, 4.69) is 33.1 Å². The number of carbonyl (C=O) groups excluding carboxylic acids is 1. The summed E-state index contributed by atoms with van der Waals surface area (Å²) in [5.74, 6) is 0.843. The van der Waals surface area contributed by atoms with E-state index in [1.54, 1.807) is 0 Å². The van der Waals surface area contributed by atoms with Crippen LogP contribution in [0.2, 0.25) is 0 Å². The predicted octanol–water partition coefficient (Wildman–Crippen LogP) is 3.45. The lowest BCUT2D eigenvalue weighted by Gasteiger charge is -2.32. The van der Waals surface area contributed by atoms with Gasteiger partial charge in [0.25, 0.3) is 5.91 Å². The first-order chi connectivity index (χ1) is 11.0. The largest absolute Gasteiger partial charge is 0.480 e. The van der Waals surface area contributed by atoms with E-state index in [4.69, 9.17) is 4.74 Å². The first-order valence-electron chi connectivity index (χ1n) is 8.44. The Kier molecular flexibility index (Phi) is 6.90. The number of nitrogens with one attached hydrogen (secondary N) is 1. The monoisotopic (exact) mass is 382 g/mol. The van der Waals surface area contributed by atoms with Crippen molar-refractivity contribution in [1.82, 2.24) is 10.2 Å². The summed E-state index contributed by atoms with van der Waals surface area (Å²) in [6.07, 6.45) is 1.58. The lowest BCUT2D eigenvalue weighted by molar-refractivity contribution is -0.130. The molecule has 0 saturated carbocycles. The van der Waals surface area contributed by atoms with Crippen LogP contribution in [-0.4, -0.2) is 42.6 Å². The third-order valence-electron chi connectivity index (χ3n) is 4.32. The Bertz CT molecular complexity index is 496. The van der Waals surface area contributed by atoms with Gasteiger partial charge in [-0.05, 0) is 49.6 Å². The second-order valence-corrected chi connectivity index (χ2v) is 7.37. The van der Waals surface area contributed by atoms with Gasteiger partial charge in [0.2, 0.25) is 0 Å². The fourth-order valence-corrected chi connectivity index (χ4v) is 3.09. The van der Waals surface area contributed by atoms with Gasteiger partial charge in [0.15, 0.2) is 6.10 Å². The summed E-state index contributed by atoms with van der Waals surface area (Å²) in [5, 5.41) is 3.18. The number of halogens is 1. The SMILES string of the molecule is CCN1CCC(NC(=O)C(Oc2ccc(Br)cc2)C(C)C)CC1. The highest BCUT2D eigenvalue weighted by molar-refractivity contribution is 9.10. The van der Waals surface area contributed by atoms with Gasteiger partial charge in [0, 0.05) is 23.6 Å². The van der Waals surface area contributed by atoms with E-state index in [1.807, 2.05) is 38.1 Å². The van der Waals surface area contributed by atoms with E-state index < -0.39 is 6.10 Å². The van der Waals surface area contributed by atoms with Crippen LogP contribution in [0.3, 0.4) is 0 Å². The van der Waals surface area contributed by atoms with Crippen LogP contribution >= 0.6 is 15.9 Å². The maximum Gasteiger partial charge on any atom is 0.261 e. The molecule has 0 aromatic heterocycles. The van der Waals surface area contributed by atoms with E-state index in [-0.39, 0.29) is 17.9 Å². The normalized spacial score (nSPS) is 18.0. The fraction of sp³-hybridized carbons (Fsp3) is 0.611. The molecule has 1 heterocycles. The van der Waals surface area contributed by atoms with Crippen molar-refractivity contribution in [3.63, 3.8) is 0 Å². The van der Waals surface area contributed by atoms with Crippen LogP contribution in [0, 0.1) is 5.92 Å². The Balaban J connectivity index is 1.92. The van der Waals surface area contributed by atoms with Crippen LogP contribution in [0.4, 0.5) is 0 Å². The number of benzene rings is 1. The third kappa shape index (κ3) is 5.50. The minimum absolute atomic E-state index is 0.00197. The van der Waals surface area contributed by atoms with Gasteiger partial charge in [-0.15, -0.1) is 0 Å². The molecule has 1 aromatic rings. The quantitative estimate of drug-likeness (QED) is 0.818. The zero-order chi connectivity index (χ0) is 16.8. The number of piperidine rings is 1. The lowest BCUT2D eigenvalue weighted by atomic mass is 10.0. The van der Waals surface area contributed by atoms with Crippen molar-refractivity contribution >= 4 is 21.8 Å². The molecular formula is C18H27BrN2O2. The predicted molar refractivity (Wildman–Crippen MR) is 96.7 cm³/mol. The number of nitrogens with zero attached hydrogens (tertiary/aromatic N) is 1. The second-order valence-electron chi connectivity index (χ2n) is 6.45. The minimum atomic E-state index is -0.458. The van der Waals surface area contributed by atoms with Crippen molar-refractivity contribution in [2.24, 2.45) is 5.92 Å². The molecule has 1 atom stereocenters. The highest BCUT2D eigenvalue weighted by atomic mass is 79.9. The number of carbonyl (C=O) groups is 1. The summed E-state index contributed by atoms with van der Waals surface area (Å²) in [4.78, 5) is 15.0. The maximum atomic E-state index is 12.6. The number of ether oxygens (including phenoxy) is 1. The van der Waals surface area contributed by atoms with E-state index in [1.165, 1.54) is 0 Å². The van der Waals surface area contributed by atoms with Gasteiger partial charge in [-0.1, -0.05) is 36.7 Å². The van der Waals surface area contributed by atoms with Gasteiger partial charge < -0.3 is 15.0 Å². The third-order valence-corrected chi connectivity index (χ3v) is 4.85. The highest BCUT2D eigenvalue weighted by Crippen LogP contribution is 2.20. The zero-order valence-corrected chi connectivity index (χ0v) is 15.8. The van der Waals surface area contributed by atoms with E-state index in [0.29, 0.717) is 0 Å². The van der Waals surface area contributed by atoms with Crippen LogP contribution in [0.5, 0.6) is 5.75 Å². The van der Waals surface area contributed by atoms with Crippen LogP contribution in [0.25, 0.3) is 0 Å². The molecule has 128 valence electrons. The number of likely N-dealkylation sites (tertiary alicyclic amines) is 1. The summed E-state index contributed by atoms with van der Waals surface area (Å²) in [5.41, 5.74) is 0. The molecular weight excluding hydrogens is 356 g/mol. The molecule has 0 bridgehead atoms. The summed E-state index contributed by atoms with van der Waals surface area (Å²) in [6, 6.07) is 7.87. The molecule has 0 radical (unpaired) electrons. The number of hydrogen-bond acceptors (Lipinski definition) is 3. The van der Waals surface area contributed by atoms with Crippen molar-refractivity contribution < 1.29 is 9.53 Å². The highest BCUT2D eigenvalue weighted by Gasteiger charge is 2.27. The van der Waals surface area contributed by atoms with Gasteiger partial charge in [-0.2, -0.15) is 0 Å². The van der Waals surface area contributed by atoms with Crippen LogP contribution in [0.1, 0.15) is 33.6 Å². The second kappa shape index (κ2) is 8.69. The standard InChI is InChI=1S/C18H27BrN2O2/c1-4-21-11-9-15(10-12-21)20-18(22)17(13(2)3)23-16-7-5-14(19)6-8-16/h5-8,13,15,17H,4,9-12H2,1-3H3,(H,20,22). The van der Waals surface area contributed by atoms with Crippen molar-refractivity contribution in [1.29, 1.82) is 0 Å². The first kappa shape index (κ1) is 18.3. The van der Waals surface area contributed by atoms with Crippen molar-refractivity contribution in [3.8, 4) is 5.75 Å². The molecule has 1 aliphatic rings. The average molecular weight is 383 g/mol. The molecule has 1 fully saturated rings. The zero-order valence-electron chi connectivity index (χ0n) is 14.2. The molecule has 5 heteroatoms. The fourth-order valence-electron chi connectivity index (χ4n) is 2.83. The topological polar surface area (TPSA) is 41.6 Å². The smallest absolute Gasteiger partial charge is 0.261 e. The van der Waals surface area contributed by atoms with Gasteiger partial charge in [0.05, 0.1) is 0 Å². The molecule has 0 aliphatic carbocycles. The Hall–Kier alpha value is -1.07. The summed E-state index contributed by atoms with van der Waals surface area (Å²) in [7, 11) is 0. The van der Waals surface area contributed by atoms with Gasteiger partial charge in [0.1, 0.15) is 5.75 Å². The molecule has 4 nitrogen and oxygen atoms in total. The number of amides is 1. The molecule has 1 aromatic carbocycles. The number of hydrogen-bond donors (Lipinski definition) is 1. The molecule has 1 unspecified atom stereocenters. The molecule has 1 N–H and O–H groups in total. The maximum absolute atomic E-state index is 12.6. The molecule has 23 heavy (non-hydrogen) atoms.